The first kappa shape index (κ1) is 21.3. The summed E-state index contributed by atoms with van der Waals surface area (Å²) < 4.78 is 20.5. The van der Waals surface area contributed by atoms with Crippen LogP contribution in [0, 0.1) is 0 Å². The van der Waals surface area contributed by atoms with Crippen LogP contribution in [-0.4, -0.2) is 30.3 Å². The van der Waals surface area contributed by atoms with Crippen LogP contribution in [0.25, 0.3) is 0 Å². The van der Waals surface area contributed by atoms with Gasteiger partial charge in [0, 0.05) is 36.7 Å². The number of nitrogens with zero attached hydrogens (tertiary/aromatic N) is 4. The van der Waals surface area contributed by atoms with Gasteiger partial charge in [-0.2, -0.15) is 10.6 Å². The SMILES string of the molecule is CS(O)(O)c1cccc(N(c2ccc(Cl)nc2)C(c2cccnc2)c2cccnc2)c1. The van der Waals surface area contributed by atoms with E-state index in [0.29, 0.717) is 10.0 Å². The average molecular weight is 453 g/mol. The Kier molecular flexibility index (Phi) is 6.20. The van der Waals surface area contributed by atoms with Gasteiger partial charge in [0.2, 0.25) is 0 Å². The molecule has 0 saturated heterocycles. The minimum Gasteiger partial charge on any atom is -0.328 e. The van der Waals surface area contributed by atoms with Gasteiger partial charge in [-0.15, -0.1) is 0 Å². The third kappa shape index (κ3) is 4.86. The zero-order valence-electron chi connectivity index (χ0n) is 16.7. The number of pyridine rings is 3. The molecule has 31 heavy (non-hydrogen) atoms. The predicted octanol–water partition coefficient (Wildman–Crippen LogP) is 6.19. The van der Waals surface area contributed by atoms with Gasteiger partial charge in [0.25, 0.3) is 0 Å². The highest BCUT2D eigenvalue weighted by atomic mass is 35.5. The van der Waals surface area contributed by atoms with Crippen molar-refractivity contribution >= 4 is 33.6 Å². The third-order valence-electron chi connectivity index (χ3n) is 4.79. The van der Waals surface area contributed by atoms with Gasteiger partial charge in [0.05, 0.1) is 22.8 Å². The van der Waals surface area contributed by atoms with Crippen molar-refractivity contribution in [3.05, 3.63) is 108 Å². The van der Waals surface area contributed by atoms with Gasteiger partial charge in [-0.3, -0.25) is 19.1 Å². The summed E-state index contributed by atoms with van der Waals surface area (Å²) in [6.07, 6.45) is 10.2. The van der Waals surface area contributed by atoms with Crippen LogP contribution in [0.2, 0.25) is 5.15 Å². The molecule has 8 heteroatoms. The van der Waals surface area contributed by atoms with E-state index in [1.807, 2.05) is 54.9 Å². The Bertz CT molecular complexity index is 1100. The lowest BCUT2D eigenvalue weighted by molar-refractivity contribution is 0.495. The summed E-state index contributed by atoms with van der Waals surface area (Å²) in [5.41, 5.74) is 3.44. The number of aromatic nitrogens is 3. The Morgan fingerprint density at radius 2 is 1.52 bits per heavy atom. The maximum Gasteiger partial charge on any atom is 0.129 e. The fourth-order valence-electron chi connectivity index (χ4n) is 3.40. The first-order valence-corrected chi connectivity index (χ1v) is 11.8. The maximum atomic E-state index is 10.2. The minimum atomic E-state index is -2.89. The van der Waals surface area contributed by atoms with E-state index in [1.165, 1.54) is 6.26 Å². The topological polar surface area (TPSA) is 82.4 Å². The predicted molar refractivity (Wildman–Crippen MR) is 125 cm³/mol. The van der Waals surface area contributed by atoms with Crippen LogP contribution in [-0.2, 0) is 0 Å². The van der Waals surface area contributed by atoms with Crippen LogP contribution in [0.5, 0.6) is 0 Å². The molecule has 1 aromatic carbocycles. The second-order valence-electron chi connectivity index (χ2n) is 7.02. The molecule has 0 radical (unpaired) electrons. The number of hydrogen-bond donors (Lipinski definition) is 2. The molecule has 0 aliphatic carbocycles. The van der Waals surface area contributed by atoms with Crippen molar-refractivity contribution in [2.24, 2.45) is 0 Å². The summed E-state index contributed by atoms with van der Waals surface area (Å²) in [5, 5.41) is 0.388. The largest absolute Gasteiger partial charge is 0.328 e. The number of halogens is 1. The lowest BCUT2D eigenvalue weighted by atomic mass is 9.98. The van der Waals surface area contributed by atoms with E-state index in [1.54, 1.807) is 36.8 Å². The number of anilines is 2. The van der Waals surface area contributed by atoms with Gasteiger partial charge in [0.1, 0.15) is 5.15 Å². The highest BCUT2D eigenvalue weighted by Crippen LogP contribution is 2.47. The van der Waals surface area contributed by atoms with Crippen LogP contribution in [0.4, 0.5) is 11.4 Å². The summed E-state index contributed by atoms with van der Waals surface area (Å²) in [6.45, 7) is 0. The second-order valence-corrected chi connectivity index (χ2v) is 9.54. The van der Waals surface area contributed by atoms with Gasteiger partial charge in [0.15, 0.2) is 0 Å². The zero-order chi connectivity index (χ0) is 21.8. The lowest BCUT2D eigenvalue weighted by Crippen LogP contribution is -2.25. The molecule has 0 bridgehead atoms. The molecule has 4 rings (SSSR count). The van der Waals surface area contributed by atoms with E-state index in [2.05, 4.69) is 19.9 Å². The van der Waals surface area contributed by atoms with Gasteiger partial charge < -0.3 is 4.90 Å². The van der Waals surface area contributed by atoms with E-state index in [-0.39, 0.29) is 6.04 Å². The monoisotopic (exact) mass is 452 g/mol. The van der Waals surface area contributed by atoms with E-state index >= 15 is 0 Å². The molecule has 0 unspecified atom stereocenters. The normalized spacial score (nSPS) is 12.0. The molecule has 4 aromatic rings. The van der Waals surface area contributed by atoms with Crippen LogP contribution >= 0.6 is 22.2 Å². The van der Waals surface area contributed by atoms with Crippen LogP contribution in [0.15, 0.2) is 96.5 Å². The summed E-state index contributed by atoms with van der Waals surface area (Å²) >= 11 is 6.05. The molecule has 0 amide bonds. The summed E-state index contributed by atoms with van der Waals surface area (Å²) in [7, 11) is -2.89. The molecule has 0 fully saturated rings. The molecular weight excluding hydrogens is 432 g/mol. The molecule has 3 heterocycles. The highest BCUT2D eigenvalue weighted by molar-refractivity contribution is 8.23. The molecule has 3 aromatic heterocycles. The molecule has 158 valence electrons. The fraction of sp³-hybridized carbons (Fsp3) is 0.0870. The molecular formula is C23H21ClN4O2S. The van der Waals surface area contributed by atoms with Gasteiger partial charge in [-0.05, 0) is 53.6 Å². The van der Waals surface area contributed by atoms with E-state index in [4.69, 9.17) is 11.6 Å². The van der Waals surface area contributed by atoms with Crippen LogP contribution in [0.1, 0.15) is 17.2 Å². The first-order chi connectivity index (χ1) is 14.9. The Labute approximate surface area is 187 Å². The maximum absolute atomic E-state index is 10.2. The molecule has 0 saturated carbocycles. The van der Waals surface area contributed by atoms with Gasteiger partial charge in [-0.1, -0.05) is 29.8 Å². The zero-order valence-corrected chi connectivity index (χ0v) is 18.3. The first-order valence-electron chi connectivity index (χ1n) is 9.47. The Morgan fingerprint density at radius 1 is 0.839 bits per heavy atom. The van der Waals surface area contributed by atoms with Crippen molar-refractivity contribution in [3.63, 3.8) is 0 Å². The number of benzene rings is 1. The van der Waals surface area contributed by atoms with Crippen molar-refractivity contribution in [2.45, 2.75) is 10.9 Å². The average Bonchev–Trinajstić information content (AvgIpc) is 2.79. The minimum absolute atomic E-state index is 0.292. The Balaban J connectivity index is 1.95. The number of hydrogen-bond acceptors (Lipinski definition) is 6. The fourth-order valence-corrected chi connectivity index (χ4v) is 4.19. The molecule has 0 aliphatic rings. The summed E-state index contributed by atoms with van der Waals surface area (Å²) in [5.74, 6) is 0. The van der Waals surface area contributed by atoms with E-state index in [9.17, 15) is 9.11 Å². The van der Waals surface area contributed by atoms with Crippen molar-refractivity contribution in [1.82, 2.24) is 15.0 Å². The van der Waals surface area contributed by atoms with E-state index < -0.39 is 10.6 Å². The van der Waals surface area contributed by atoms with Crippen molar-refractivity contribution in [3.8, 4) is 0 Å². The van der Waals surface area contributed by atoms with Crippen molar-refractivity contribution in [1.29, 1.82) is 0 Å². The molecule has 0 spiro atoms. The van der Waals surface area contributed by atoms with Crippen LogP contribution < -0.4 is 4.90 Å². The molecule has 6 nitrogen and oxygen atoms in total. The Morgan fingerprint density at radius 3 is 2.03 bits per heavy atom. The van der Waals surface area contributed by atoms with Gasteiger partial charge >= 0.3 is 0 Å². The van der Waals surface area contributed by atoms with Crippen molar-refractivity contribution in [2.75, 3.05) is 11.2 Å². The molecule has 0 atom stereocenters. The van der Waals surface area contributed by atoms with Gasteiger partial charge in [-0.25, -0.2) is 4.98 Å². The van der Waals surface area contributed by atoms with Crippen molar-refractivity contribution < 1.29 is 9.11 Å². The third-order valence-corrected chi connectivity index (χ3v) is 6.16. The quantitative estimate of drug-likeness (QED) is 0.339. The number of rotatable bonds is 6. The standard InChI is InChI=1S/C23H21ClN4O2S/c1-31(29,30)21-8-2-7-19(13-21)28(20-9-10-22(24)27-16-20)23(17-5-3-11-25-14-17)18-6-4-12-26-15-18/h2-16,23,29-30H,1H3. The second kappa shape index (κ2) is 9.03. The lowest BCUT2D eigenvalue weighted by Gasteiger charge is -2.35. The van der Waals surface area contributed by atoms with Crippen LogP contribution in [0.3, 0.4) is 0 Å². The molecule has 0 aliphatic heterocycles. The van der Waals surface area contributed by atoms with E-state index in [0.717, 1.165) is 22.5 Å². The summed E-state index contributed by atoms with van der Waals surface area (Å²) in [4.78, 5) is 15.4. The molecule has 2 N–H and O–H groups in total. The highest BCUT2D eigenvalue weighted by Gasteiger charge is 2.26. The summed E-state index contributed by atoms with van der Waals surface area (Å²) in [6, 6.07) is 18.3. The Hall–Kier alpha value is -2.97. The smallest absolute Gasteiger partial charge is 0.129 e.